The predicted molar refractivity (Wildman–Crippen MR) is 120 cm³/mol. The van der Waals surface area contributed by atoms with Crippen LogP contribution in [0.1, 0.15) is 82.3 Å². The third kappa shape index (κ3) is 8.07. The van der Waals surface area contributed by atoms with Crippen LogP contribution in [0.2, 0.25) is 0 Å². The van der Waals surface area contributed by atoms with Gasteiger partial charge in [-0.3, -0.25) is 9.59 Å². The molecule has 0 radical (unpaired) electrons. The summed E-state index contributed by atoms with van der Waals surface area (Å²) in [5.41, 5.74) is -1.37. The van der Waals surface area contributed by atoms with E-state index in [-0.39, 0.29) is 23.5 Å². The third-order valence-corrected chi connectivity index (χ3v) is 4.67. The summed E-state index contributed by atoms with van der Waals surface area (Å²) in [4.78, 5) is 57.9. The van der Waals surface area contributed by atoms with Crippen molar-refractivity contribution in [2.45, 2.75) is 84.6 Å². The first kappa shape index (κ1) is 26.1. The number of carbonyl (C=O) groups is 4. The van der Waals surface area contributed by atoms with Crippen LogP contribution >= 0.6 is 0 Å². The first-order valence-electron chi connectivity index (χ1n) is 11.0. The molecule has 2 rings (SSSR count). The lowest BCUT2D eigenvalue weighted by Crippen LogP contribution is -2.48. The molecule has 3 N–H and O–H groups in total. The number of amides is 3. The molecule has 3 amide bonds. The van der Waals surface area contributed by atoms with Crippen molar-refractivity contribution in [1.82, 2.24) is 25.5 Å². The maximum absolute atomic E-state index is 12.8. The highest BCUT2D eigenvalue weighted by atomic mass is 16.6. The van der Waals surface area contributed by atoms with E-state index in [1.165, 1.54) is 13.3 Å². The number of esters is 1. The Balaban J connectivity index is 1.91. The average molecular weight is 466 g/mol. The van der Waals surface area contributed by atoms with Gasteiger partial charge in [0.2, 0.25) is 0 Å². The molecular formula is C22H35N5O6. The molecule has 2 heterocycles. The van der Waals surface area contributed by atoms with Gasteiger partial charge in [0, 0.05) is 19.1 Å². The van der Waals surface area contributed by atoms with Crippen molar-refractivity contribution < 1.29 is 28.7 Å². The van der Waals surface area contributed by atoms with Gasteiger partial charge in [0.15, 0.2) is 5.69 Å². The molecule has 0 aliphatic carbocycles. The zero-order valence-electron chi connectivity index (χ0n) is 20.4. The fourth-order valence-electron chi connectivity index (χ4n) is 3.14. The molecule has 1 aliphatic rings. The van der Waals surface area contributed by atoms with Gasteiger partial charge >= 0.3 is 12.1 Å². The zero-order valence-corrected chi connectivity index (χ0v) is 20.4. The summed E-state index contributed by atoms with van der Waals surface area (Å²) < 4.78 is 10.6. The van der Waals surface area contributed by atoms with Crippen LogP contribution in [0.5, 0.6) is 0 Å². The van der Waals surface area contributed by atoms with Gasteiger partial charge in [-0.25, -0.2) is 14.6 Å². The molecule has 0 unspecified atom stereocenters. The Morgan fingerprint density at radius 2 is 1.61 bits per heavy atom. The van der Waals surface area contributed by atoms with Gasteiger partial charge < -0.3 is 30.0 Å². The number of nitrogens with one attached hydrogen (secondary N) is 3. The fraction of sp³-hybridized carbons (Fsp3) is 0.682. The summed E-state index contributed by atoms with van der Waals surface area (Å²) in [5.74, 6) is -1.74. The van der Waals surface area contributed by atoms with Crippen LogP contribution in [-0.2, 0) is 14.3 Å². The number of aromatic nitrogens is 2. The molecule has 33 heavy (non-hydrogen) atoms. The molecule has 1 atom stereocenters. The number of rotatable bonds is 5. The Hall–Kier alpha value is -3.11. The summed E-state index contributed by atoms with van der Waals surface area (Å²) in [6.45, 7) is 13.0. The number of carbonyl (C=O) groups excluding carboxylic acids is 4. The number of hydrogen-bond acceptors (Lipinski definition) is 7. The number of likely N-dealkylation sites (tertiary alicyclic amines) is 1. The number of H-pyrrole nitrogens is 1. The van der Waals surface area contributed by atoms with Gasteiger partial charge in [-0.1, -0.05) is 0 Å². The summed E-state index contributed by atoms with van der Waals surface area (Å²) in [7, 11) is 0. The van der Waals surface area contributed by atoms with Crippen molar-refractivity contribution in [3.05, 3.63) is 17.7 Å². The first-order chi connectivity index (χ1) is 15.2. The number of nitrogens with zero attached hydrogens (tertiary/aromatic N) is 2. The molecule has 1 fully saturated rings. The molecule has 0 saturated carbocycles. The fourth-order valence-corrected chi connectivity index (χ4v) is 3.14. The zero-order chi connectivity index (χ0) is 25.0. The number of piperidine rings is 1. The number of hydrogen-bond donors (Lipinski definition) is 3. The van der Waals surface area contributed by atoms with E-state index in [1.54, 1.807) is 25.7 Å². The maximum atomic E-state index is 12.8. The Bertz CT molecular complexity index is 875. The Morgan fingerprint density at radius 1 is 1.03 bits per heavy atom. The molecule has 184 valence electrons. The van der Waals surface area contributed by atoms with Crippen molar-refractivity contribution in [3.63, 3.8) is 0 Å². The minimum absolute atomic E-state index is 0.00143. The lowest BCUT2D eigenvalue weighted by Gasteiger charge is -2.33. The summed E-state index contributed by atoms with van der Waals surface area (Å²) >= 11 is 0. The topological polar surface area (TPSA) is 143 Å². The van der Waals surface area contributed by atoms with Gasteiger partial charge in [-0.15, -0.1) is 0 Å². The predicted octanol–water partition coefficient (Wildman–Crippen LogP) is 2.00. The molecule has 0 aromatic carbocycles. The molecule has 1 saturated heterocycles. The second-order valence-electron chi connectivity index (χ2n) is 10.1. The monoisotopic (exact) mass is 465 g/mol. The van der Waals surface area contributed by atoms with E-state index in [4.69, 9.17) is 9.47 Å². The van der Waals surface area contributed by atoms with Crippen LogP contribution in [0.3, 0.4) is 0 Å². The lowest BCUT2D eigenvalue weighted by atomic mass is 10.1. The number of aromatic amines is 1. The van der Waals surface area contributed by atoms with E-state index in [9.17, 15) is 19.2 Å². The Labute approximate surface area is 194 Å². The van der Waals surface area contributed by atoms with Crippen molar-refractivity contribution >= 4 is 23.9 Å². The molecule has 11 heteroatoms. The van der Waals surface area contributed by atoms with Crippen LogP contribution in [-0.4, -0.2) is 75.1 Å². The van der Waals surface area contributed by atoms with E-state index in [2.05, 4.69) is 20.6 Å². The second-order valence-corrected chi connectivity index (χ2v) is 10.1. The van der Waals surface area contributed by atoms with E-state index in [0.717, 1.165) is 0 Å². The van der Waals surface area contributed by atoms with Gasteiger partial charge in [0.1, 0.15) is 22.9 Å². The van der Waals surface area contributed by atoms with Crippen molar-refractivity contribution in [3.8, 4) is 0 Å². The molecule has 0 spiro atoms. The highest BCUT2D eigenvalue weighted by Crippen LogP contribution is 2.16. The highest BCUT2D eigenvalue weighted by Gasteiger charge is 2.30. The van der Waals surface area contributed by atoms with E-state index < -0.39 is 35.0 Å². The molecule has 1 aliphatic heterocycles. The van der Waals surface area contributed by atoms with Crippen LogP contribution < -0.4 is 10.6 Å². The van der Waals surface area contributed by atoms with Crippen LogP contribution in [0.25, 0.3) is 0 Å². The van der Waals surface area contributed by atoms with Gasteiger partial charge in [0.05, 0.1) is 6.33 Å². The number of ether oxygens (including phenoxy) is 2. The standard InChI is InChI=1S/C22H35N5O6/c1-13(19(30)32-21(2,3)4)25-17(28)15-16(24-12-23-15)18(29)26-14-8-10-27(11-9-14)20(31)33-22(5,6)7/h12-14H,8-11H2,1-7H3,(H,23,24)(H,25,28)(H,26,29)/t13-/m0/s1. The normalized spacial score (nSPS) is 16.0. The van der Waals surface area contributed by atoms with Crippen molar-refractivity contribution in [2.24, 2.45) is 0 Å². The van der Waals surface area contributed by atoms with Crippen LogP contribution in [0.15, 0.2) is 6.33 Å². The van der Waals surface area contributed by atoms with E-state index >= 15 is 0 Å². The smallest absolute Gasteiger partial charge is 0.410 e. The summed E-state index contributed by atoms with van der Waals surface area (Å²) in [6.07, 6.45) is 1.97. The van der Waals surface area contributed by atoms with Crippen LogP contribution in [0, 0.1) is 0 Å². The summed E-state index contributed by atoms with van der Waals surface area (Å²) in [6, 6.07) is -1.09. The van der Waals surface area contributed by atoms with Gasteiger partial charge in [0.25, 0.3) is 11.8 Å². The molecule has 1 aromatic heterocycles. The third-order valence-electron chi connectivity index (χ3n) is 4.67. The van der Waals surface area contributed by atoms with E-state index in [1.807, 2.05) is 20.8 Å². The SMILES string of the molecule is C[C@H](NC(=O)c1nc[nH]c1C(=O)NC1CCN(C(=O)OC(C)(C)C)CC1)C(=O)OC(C)(C)C. The summed E-state index contributed by atoms with van der Waals surface area (Å²) in [5, 5.41) is 5.38. The van der Waals surface area contributed by atoms with Gasteiger partial charge in [-0.05, 0) is 61.3 Å². The first-order valence-corrected chi connectivity index (χ1v) is 11.0. The van der Waals surface area contributed by atoms with Crippen LogP contribution in [0.4, 0.5) is 4.79 Å². The number of imidazole rings is 1. The molecule has 1 aromatic rings. The largest absolute Gasteiger partial charge is 0.458 e. The molecular weight excluding hydrogens is 430 g/mol. The quantitative estimate of drug-likeness (QED) is 0.564. The molecule has 0 bridgehead atoms. The Morgan fingerprint density at radius 3 is 2.15 bits per heavy atom. The Kier molecular flexibility index (Phi) is 8.10. The minimum atomic E-state index is -0.915. The average Bonchev–Trinajstić information content (AvgIpc) is 3.16. The van der Waals surface area contributed by atoms with E-state index in [0.29, 0.717) is 25.9 Å². The lowest BCUT2D eigenvalue weighted by molar-refractivity contribution is -0.156. The molecule has 11 nitrogen and oxygen atoms in total. The van der Waals surface area contributed by atoms with Crippen molar-refractivity contribution in [1.29, 1.82) is 0 Å². The second kappa shape index (κ2) is 10.2. The highest BCUT2D eigenvalue weighted by molar-refractivity contribution is 6.05. The van der Waals surface area contributed by atoms with Gasteiger partial charge in [-0.2, -0.15) is 0 Å². The van der Waals surface area contributed by atoms with Crippen molar-refractivity contribution in [2.75, 3.05) is 13.1 Å². The minimum Gasteiger partial charge on any atom is -0.458 e. The maximum Gasteiger partial charge on any atom is 0.410 e.